The van der Waals surface area contributed by atoms with E-state index >= 15 is 0 Å². The number of nitrogen functional groups attached to an aromatic ring is 1. The van der Waals surface area contributed by atoms with E-state index in [1.54, 1.807) is 6.20 Å². The number of nitrogens with zero attached hydrogens (tertiary/aromatic N) is 2. The molecule has 0 saturated carbocycles. The summed E-state index contributed by atoms with van der Waals surface area (Å²) >= 11 is 0. The van der Waals surface area contributed by atoms with Crippen LogP contribution in [0.15, 0.2) is 73.3 Å². The van der Waals surface area contributed by atoms with Gasteiger partial charge in [-0.15, -0.1) is 0 Å². The summed E-state index contributed by atoms with van der Waals surface area (Å²) in [6.45, 7) is 0.775. The first-order valence-electron chi connectivity index (χ1n) is 7.81. The topological polar surface area (TPSA) is 53.1 Å². The van der Waals surface area contributed by atoms with Crippen molar-refractivity contribution in [1.82, 2.24) is 9.55 Å². The Kier molecular flexibility index (Phi) is 4.94. The molecule has 0 amide bonds. The molecule has 1 heterocycles. The Labute approximate surface area is 136 Å². The summed E-state index contributed by atoms with van der Waals surface area (Å²) in [5.41, 5.74) is 7.80. The van der Waals surface area contributed by atoms with Gasteiger partial charge in [-0.1, -0.05) is 30.3 Å². The second-order valence-electron chi connectivity index (χ2n) is 5.59. The van der Waals surface area contributed by atoms with Crippen LogP contribution in [-0.2, 0) is 13.0 Å². The number of aryl methyl sites for hydroxylation is 1. The van der Waals surface area contributed by atoms with Crippen LogP contribution in [-0.4, -0.2) is 15.7 Å². The molecule has 0 spiro atoms. The normalized spacial score (nSPS) is 12.0. The van der Waals surface area contributed by atoms with Crippen LogP contribution in [0.2, 0.25) is 0 Å². The minimum absolute atomic E-state index is 0.0769. The molecule has 0 saturated heterocycles. The summed E-state index contributed by atoms with van der Waals surface area (Å²) in [7, 11) is 0. The van der Waals surface area contributed by atoms with Gasteiger partial charge in [-0.3, -0.25) is 0 Å². The van der Waals surface area contributed by atoms with Gasteiger partial charge in [-0.05, 0) is 42.7 Å². The Balaban J connectivity index is 1.66. The monoisotopic (exact) mass is 307 g/mol. The number of anilines is 1. The molecule has 1 unspecified atom stereocenters. The Hall–Kier alpha value is -2.75. The van der Waals surface area contributed by atoms with Crippen molar-refractivity contribution in [3.63, 3.8) is 0 Å². The van der Waals surface area contributed by atoms with Gasteiger partial charge in [0.2, 0.25) is 0 Å². The summed E-state index contributed by atoms with van der Waals surface area (Å²) < 4.78 is 8.21. The maximum atomic E-state index is 6.16. The lowest BCUT2D eigenvalue weighted by molar-refractivity contribution is 0.170. The SMILES string of the molecule is Nc1ccc(OC(CCc2ccccc2)Cn2ccnc2)cc1. The van der Waals surface area contributed by atoms with E-state index in [4.69, 9.17) is 10.5 Å². The molecule has 23 heavy (non-hydrogen) atoms. The first-order valence-corrected chi connectivity index (χ1v) is 7.81. The number of imidazole rings is 1. The maximum Gasteiger partial charge on any atom is 0.119 e. The predicted molar refractivity (Wildman–Crippen MR) is 92.3 cm³/mol. The van der Waals surface area contributed by atoms with Crippen molar-refractivity contribution in [2.75, 3.05) is 5.73 Å². The molecule has 2 aromatic carbocycles. The number of ether oxygens (including phenoxy) is 1. The Bertz CT molecular complexity index is 693. The molecule has 118 valence electrons. The number of hydrogen-bond donors (Lipinski definition) is 1. The van der Waals surface area contributed by atoms with Crippen LogP contribution in [0.3, 0.4) is 0 Å². The smallest absolute Gasteiger partial charge is 0.119 e. The van der Waals surface area contributed by atoms with Gasteiger partial charge in [0.15, 0.2) is 0 Å². The maximum absolute atomic E-state index is 6.16. The van der Waals surface area contributed by atoms with Crippen molar-refractivity contribution in [1.29, 1.82) is 0 Å². The molecular formula is C19H21N3O. The van der Waals surface area contributed by atoms with E-state index in [1.165, 1.54) is 5.56 Å². The molecule has 1 aromatic heterocycles. The highest BCUT2D eigenvalue weighted by Crippen LogP contribution is 2.18. The Morgan fingerprint density at radius 3 is 2.52 bits per heavy atom. The van der Waals surface area contributed by atoms with Gasteiger partial charge in [-0.25, -0.2) is 4.98 Å². The Morgan fingerprint density at radius 2 is 1.83 bits per heavy atom. The van der Waals surface area contributed by atoms with Crippen molar-refractivity contribution in [2.45, 2.75) is 25.5 Å². The average Bonchev–Trinajstić information content (AvgIpc) is 3.09. The number of aromatic nitrogens is 2. The molecule has 0 aliphatic heterocycles. The van der Waals surface area contributed by atoms with Gasteiger partial charge < -0.3 is 15.0 Å². The van der Waals surface area contributed by atoms with Gasteiger partial charge in [0.05, 0.1) is 12.9 Å². The van der Waals surface area contributed by atoms with Crippen LogP contribution in [0.4, 0.5) is 5.69 Å². The molecule has 0 aliphatic carbocycles. The standard InChI is InChI=1S/C19H21N3O/c20-17-7-10-18(11-8-17)23-19(14-22-13-12-21-15-22)9-6-16-4-2-1-3-5-16/h1-5,7-8,10-13,15,19H,6,9,14,20H2. The van der Waals surface area contributed by atoms with Crippen LogP contribution < -0.4 is 10.5 Å². The highest BCUT2D eigenvalue weighted by molar-refractivity contribution is 5.41. The molecule has 4 heteroatoms. The van der Waals surface area contributed by atoms with Crippen molar-refractivity contribution in [3.8, 4) is 5.75 Å². The zero-order chi connectivity index (χ0) is 15.9. The van der Waals surface area contributed by atoms with E-state index in [0.29, 0.717) is 0 Å². The van der Waals surface area contributed by atoms with Crippen LogP contribution >= 0.6 is 0 Å². The number of nitrogens with two attached hydrogens (primary N) is 1. The van der Waals surface area contributed by atoms with Gasteiger partial charge in [0.1, 0.15) is 11.9 Å². The lowest BCUT2D eigenvalue weighted by atomic mass is 10.1. The first-order chi connectivity index (χ1) is 11.3. The molecular weight excluding hydrogens is 286 g/mol. The zero-order valence-corrected chi connectivity index (χ0v) is 13.0. The molecule has 0 bridgehead atoms. The van der Waals surface area contributed by atoms with E-state index in [1.807, 2.05) is 47.4 Å². The second kappa shape index (κ2) is 7.49. The quantitative estimate of drug-likeness (QED) is 0.679. The van der Waals surface area contributed by atoms with E-state index < -0.39 is 0 Å². The summed E-state index contributed by atoms with van der Waals surface area (Å²) in [4.78, 5) is 4.10. The molecule has 2 N–H and O–H groups in total. The van der Waals surface area contributed by atoms with Gasteiger partial charge in [-0.2, -0.15) is 0 Å². The molecule has 0 aliphatic rings. The number of rotatable bonds is 7. The largest absolute Gasteiger partial charge is 0.489 e. The fraction of sp³-hybridized carbons (Fsp3) is 0.211. The third kappa shape index (κ3) is 4.61. The first kappa shape index (κ1) is 15.2. The summed E-state index contributed by atoms with van der Waals surface area (Å²) in [6.07, 6.45) is 7.57. The molecule has 4 nitrogen and oxygen atoms in total. The van der Waals surface area contributed by atoms with Crippen molar-refractivity contribution >= 4 is 5.69 Å². The minimum atomic E-state index is 0.0769. The van der Waals surface area contributed by atoms with Gasteiger partial charge >= 0.3 is 0 Å². The Morgan fingerprint density at radius 1 is 1.04 bits per heavy atom. The number of benzene rings is 2. The fourth-order valence-electron chi connectivity index (χ4n) is 2.53. The molecule has 3 aromatic rings. The highest BCUT2D eigenvalue weighted by Gasteiger charge is 2.12. The van der Waals surface area contributed by atoms with Crippen LogP contribution in [0, 0.1) is 0 Å². The summed E-state index contributed by atoms with van der Waals surface area (Å²) in [6, 6.07) is 18.0. The fourth-order valence-corrected chi connectivity index (χ4v) is 2.53. The third-order valence-corrected chi connectivity index (χ3v) is 3.75. The third-order valence-electron chi connectivity index (χ3n) is 3.75. The molecule has 3 rings (SSSR count). The van der Waals surface area contributed by atoms with Gasteiger partial charge in [0.25, 0.3) is 0 Å². The predicted octanol–water partition coefficient (Wildman–Crippen LogP) is 3.55. The molecule has 1 atom stereocenters. The van der Waals surface area contributed by atoms with Crippen LogP contribution in [0.5, 0.6) is 5.75 Å². The lowest BCUT2D eigenvalue weighted by Gasteiger charge is -2.20. The van der Waals surface area contributed by atoms with E-state index in [-0.39, 0.29) is 6.10 Å². The molecule has 0 fully saturated rings. The van der Waals surface area contributed by atoms with Crippen LogP contribution in [0.25, 0.3) is 0 Å². The van der Waals surface area contributed by atoms with Gasteiger partial charge in [0, 0.05) is 18.1 Å². The second-order valence-corrected chi connectivity index (χ2v) is 5.59. The van der Waals surface area contributed by atoms with Crippen molar-refractivity contribution in [3.05, 3.63) is 78.9 Å². The van der Waals surface area contributed by atoms with E-state index in [9.17, 15) is 0 Å². The molecule has 0 radical (unpaired) electrons. The van der Waals surface area contributed by atoms with E-state index in [2.05, 4.69) is 29.2 Å². The highest BCUT2D eigenvalue weighted by atomic mass is 16.5. The van der Waals surface area contributed by atoms with Crippen LogP contribution in [0.1, 0.15) is 12.0 Å². The number of hydrogen-bond acceptors (Lipinski definition) is 3. The zero-order valence-electron chi connectivity index (χ0n) is 13.0. The summed E-state index contributed by atoms with van der Waals surface area (Å²) in [5.74, 6) is 0.845. The van der Waals surface area contributed by atoms with E-state index in [0.717, 1.165) is 30.8 Å². The van der Waals surface area contributed by atoms with Crippen molar-refractivity contribution < 1.29 is 4.74 Å². The minimum Gasteiger partial charge on any atom is -0.489 e. The average molecular weight is 307 g/mol. The summed E-state index contributed by atoms with van der Waals surface area (Å²) in [5, 5.41) is 0. The lowest BCUT2D eigenvalue weighted by Crippen LogP contribution is -2.23. The van der Waals surface area contributed by atoms with Crippen molar-refractivity contribution in [2.24, 2.45) is 0 Å².